The highest BCUT2D eigenvalue weighted by Crippen LogP contribution is 2.32. The third-order valence-corrected chi connectivity index (χ3v) is 3.41. The van der Waals surface area contributed by atoms with Gasteiger partial charge in [0.25, 0.3) is 0 Å². The molecule has 0 aromatic carbocycles. The summed E-state index contributed by atoms with van der Waals surface area (Å²) in [6.07, 6.45) is 10.8. The van der Waals surface area contributed by atoms with E-state index in [0.29, 0.717) is 5.92 Å². The topological polar surface area (TPSA) is 17.3 Å². The summed E-state index contributed by atoms with van der Waals surface area (Å²) in [5, 5.41) is 0. The summed E-state index contributed by atoms with van der Waals surface area (Å²) in [5.74, 6) is 0.713. The Morgan fingerprint density at radius 2 is 2.13 bits per heavy atom. The van der Waals surface area contributed by atoms with E-state index in [2.05, 4.69) is 15.5 Å². The van der Waals surface area contributed by atoms with E-state index in [1.165, 1.54) is 37.8 Å². The second kappa shape index (κ2) is 3.69. The van der Waals surface area contributed by atoms with Crippen molar-refractivity contribution in [1.82, 2.24) is 9.38 Å². The van der Waals surface area contributed by atoms with Gasteiger partial charge in [-0.1, -0.05) is 19.3 Å². The third kappa shape index (κ3) is 1.54. The lowest BCUT2D eigenvalue weighted by Crippen LogP contribution is -2.06. The first-order valence-corrected chi connectivity index (χ1v) is 5.78. The number of rotatable bonds is 1. The molecule has 0 atom stereocenters. The van der Waals surface area contributed by atoms with Crippen molar-refractivity contribution in [3.05, 3.63) is 36.3 Å². The molecule has 0 N–H and O–H groups in total. The fourth-order valence-electron chi connectivity index (χ4n) is 2.59. The Bertz CT molecular complexity index is 452. The molecular weight excluding hydrogens is 184 g/mol. The first-order valence-electron chi connectivity index (χ1n) is 5.78. The van der Waals surface area contributed by atoms with Gasteiger partial charge in [-0.15, -0.1) is 0 Å². The average Bonchev–Trinajstić information content (AvgIpc) is 2.74. The lowest BCUT2D eigenvalue weighted by atomic mass is 9.87. The van der Waals surface area contributed by atoms with E-state index in [1.54, 1.807) is 0 Å². The van der Waals surface area contributed by atoms with Gasteiger partial charge >= 0.3 is 0 Å². The predicted octanol–water partition coefficient (Wildman–Crippen LogP) is 3.18. The summed E-state index contributed by atoms with van der Waals surface area (Å²) < 4.78 is 2.19. The number of imidazole rings is 1. The first-order chi connectivity index (χ1) is 7.45. The van der Waals surface area contributed by atoms with Crippen LogP contribution in [0.5, 0.6) is 0 Å². The third-order valence-electron chi connectivity index (χ3n) is 3.41. The van der Waals surface area contributed by atoms with E-state index in [9.17, 15) is 0 Å². The zero-order valence-corrected chi connectivity index (χ0v) is 8.82. The normalized spacial score (nSPS) is 18.4. The largest absolute Gasteiger partial charge is 0.303 e. The highest BCUT2D eigenvalue weighted by Gasteiger charge is 2.18. The van der Waals surface area contributed by atoms with Crippen LogP contribution in [0.1, 0.15) is 43.7 Å². The van der Waals surface area contributed by atoms with Crippen molar-refractivity contribution in [2.75, 3.05) is 0 Å². The van der Waals surface area contributed by atoms with Crippen molar-refractivity contribution in [3.63, 3.8) is 0 Å². The van der Waals surface area contributed by atoms with Crippen molar-refractivity contribution in [1.29, 1.82) is 0 Å². The van der Waals surface area contributed by atoms with Crippen LogP contribution in [-0.4, -0.2) is 9.38 Å². The fraction of sp³-hybridized carbons (Fsp3) is 0.462. The summed E-state index contributed by atoms with van der Waals surface area (Å²) in [6, 6.07) is 7.07. The maximum Gasteiger partial charge on any atom is 0.136 e. The van der Waals surface area contributed by atoms with Gasteiger partial charge in [-0.25, -0.2) is 4.98 Å². The number of fused-ring (bicyclic) bond motifs is 1. The number of pyridine rings is 1. The molecule has 0 unspecified atom stereocenters. The Balaban J connectivity index is 2.02. The minimum Gasteiger partial charge on any atom is -0.303 e. The van der Waals surface area contributed by atoms with Gasteiger partial charge in [0.05, 0.1) is 0 Å². The van der Waals surface area contributed by atoms with E-state index < -0.39 is 0 Å². The number of nitrogens with zero attached hydrogens (tertiary/aromatic N) is 2. The molecule has 2 nitrogen and oxygen atoms in total. The smallest absolute Gasteiger partial charge is 0.136 e. The van der Waals surface area contributed by atoms with Gasteiger partial charge in [-0.05, 0) is 31.0 Å². The Labute approximate surface area is 90.0 Å². The van der Waals surface area contributed by atoms with Crippen molar-refractivity contribution in [2.45, 2.75) is 38.0 Å². The highest BCUT2D eigenvalue weighted by atomic mass is 15.0. The van der Waals surface area contributed by atoms with Gasteiger partial charge in [0, 0.05) is 24.0 Å². The van der Waals surface area contributed by atoms with Gasteiger partial charge in [0.2, 0.25) is 0 Å². The lowest BCUT2D eigenvalue weighted by Gasteiger charge is -2.20. The summed E-state index contributed by atoms with van der Waals surface area (Å²) in [6.45, 7) is 0. The fourth-order valence-corrected chi connectivity index (χ4v) is 2.59. The van der Waals surface area contributed by atoms with Crippen LogP contribution in [-0.2, 0) is 0 Å². The quantitative estimate of drug-likeness (QED) is 0.689. The monoisotopic (exact) mass is 199 g/mol. The summed E-state index contributed by atoms with van der Waals surface area (Å²) in [4.78, 5) is 4.44. The zero-order valence-electron chi connectivity index (χ0n) is 8.82. The van der Waals surface area contributed by atoms with Gasteiger partial charge in [0.15, 0.2) is 0 Å². The summed E-state index contributed by atoms with van der Waals surface area (Å²) in [5.41, 5.74) is 2.43. The average molecular weight is 199 g/mol. The van der Waals surface area contributed by atoms with E-state index in [0.717, 1.165) is 5.65 Å². The molecule has 2 heteroatoms. The summed E-state index contributed by atoms with van der Waals surface area (Å²) in [7, 11) is 0. The summed E-state index contributed by atoms with van der Waals surface area (Å²) >= 11 is 0. The van der Waals surface area contributed by atoms with E-state index in [1.807, 2.05) is 24.5 Å². The van der Waals surface area contributed by atoms with Crippen LogP contribution in [0.3, 0.4) is 0 Å². The molecule has 1 fully saturated rings. The van der Waals surface area contributed by atoms with Gasteiger partial charge in [0.1, 0.15) is 5.65 Å². The molecular formula is C13H15N2. The minimum absolute atomic E-state index is 0.713. The van der Waals surface area contributed by atoms with E-state index in [4.69, 9.17) is 0 Å². The standard InChI is InChI=1S/C13H15N2/c1-2-6-11(7-3-1)12-10-14-13-8-4-5-9-15(12)13/h4,8-11H,1-3,6-7H2. The molecule has 0 bridgehead atoms. The zero-order chi connectivity index (χ0) is 10.1. The molecule has 1 aliphatic carbocycles. The Hall–Kier alpha value is -1.31. The Morgan fingerprint density at radius 1 is 1.27 bits per heavy atom. The second-order valence-corrected chi connectivity index (χ2v) is 4.38. The van der Waals surface area contributed by atoms with Crippen LogP contribution in [0.4, 0.5) is 0 Å². The molecule has 0 spiro atoms. The minimum atomic E-state index is 0.713. The highest BCUT2D eigenvalue weighted by molar-refractivity contribution is 5.40. The van der Waals surface area contributed by atoms with Crippen molar-refractivity contribution >= 4 is 5.65 Å². The van der Waals surface area contributed by atoms with Gasteiger partial charge in [-0.3, -0.25) is 0 Å². The molecule has 77 valence electrons. The van der Waals surface area contributed by atoms with E-state index >= 15 is 0 Å². The van der Waals surface area contributed by atoms with E-state index in [-0.39, 0.29) is 0 Å². The Morgan fingerprint density at radius 3 is 3.00 bits per heavy atom. The molecule has 1 saturated carbocycles. The molecule has 2 aromatic rings. The van der Waals surface area contributed by atoms with Crippen LogP contribution in [0, 0.1) is 6.07 Å². The molecule has 0 amide bonds. The predicted molar refractivity (Wildman–Crippen MR) is 59.9 cm³/mol. The van der Waals surface area contributed by atoms with Gasteiger partial charge < -0.3 is 4.40 Å². The maximum absolute atomic E-state index is 4.44. The second-order valence-electron chi connectivity index (χ2n) is 4.38. The number of aromatic nitrogens is 2. The van der Waals surface area contributed by atoms with Crippen LogP contribution in [0.15, 0.2) is 24.5 Å². The van der Waals surface area contributed by atoms with Crippen LogP contribution < -0.4 is 0 Å². The molecule has 3 rings (SSSR count). The molecule has 1 aliphatic rings. The molecule has 2 heterocycles. The Kier molecular flexibility index (Phi) is 2.20. The first kappa shape index (κ1) is 8.96. The van der Waals surface area contributed by atoms with Crippen LogP contribution in [0.25, 0.3) is 5.65 Å². The van der Waals surface area contributed by atoms with Crippen molar-refractivity contribution in [3.8, 4) is 0 Å². The SMILES string of the molecule is [c]1ccc2ncc(C3CCCCC3)n2c1. The maximum atomic E-state index is 4.44. The molecule has 2 aromatic heterocycles. The number of hydrogen-bond acceptors (Lipinski definition) is 1. The molecule has 0 saturated heterocycles. The molecule has 15 heavy (non-hydrogen) atoms. The van der Waals surface area contributed by atoms with Crippen molar-refractivity contribution < 1.29 is 0 Å². The van der Waals surface area contributed by atoms with Crippen molar-refractivity contribution in [2.24, 2.45) is 0 Å². The number of hydrogen-bond donors (Lipinski definition) is 0. The lowest BCUT2D eigenvalue weighted by molar-refractivity contribution is 0.435. The molecule has 1 radical (unpaired) electrons. The van der Waals surface area contributed by atoms with Crippen LogP contribution in [0.2, 0.25) is 0 Å². The van der Waals surface area contributed by atoms with Gasteiger partial charge in [-0.2, -0.15) is 0 Å². The van der Waals surface area contributed by atoms with Crippen LogP contribution >= 0.6 is 0 Å². The molecule has 0 aliphatic heterocycles.